The van der Waals surface area contributed by atoms with Gasteiger partial charge < -0.3 is 15.0 Å². The number of hydrogen-bond donors (Lipinski definition) is 1. The Balaban J connectivity index is 0.00000264. The highest BCUT2D eigenvalue weighted by molar-refractivity contribution is 6.31. The van der Waals surface area contributed by atoms with E-state index < -0.39 is 0 Å². The summed E-state index contributed by atoms with van der Waals surface area (Å²) in [5, 5.41) is 3.67. The Hall–Kier alpha value is -0.880. The van der Waals surface area contributed by atoms with E-state index in [1.807, 2.05) is 0 Å². The highest BCUT2D eigenvalue weighted by Gasteiger charge is 2.22. The Morgan fingerprint density at radius 1 is 1.52 bits per heavy atom. The first-order valence-electron chi connectivity index (χ1n) is 7.54. The minimum absolute atomic E-state index is 0. The Morgan fingerprint density at radius 3 is 2.91 bits per heavy atom. The van der Waals surface area contributed by atoms with Gasteiger partial charge in [0.1, 0.15) is 5.82 Å². The Labute approximate surface area is 147 Å². The molecular weight excluding hydrogens is 342 g/mol. The van der Waals surface area contributed by atoms with Crippen LogP contribution in [0.2, 0.25) is 5.02 Å². The van der Waals surface area contributed by atoms with Crippen LogP contribution in [0.1, 0.15) is 24.8 Å². The molecule has 1 aliphatic rings. The summed E-state index contributed by atoms with van der Waals surface area (Å²) in [7, 11) is 1.60. The van der Waals surface area contributed by atoms with Crippen molar-refractivity contribution in [2.24, 2.45) is 0 Å². The fourth-order valence-corrected chi connectivity index (χ4v) is 2.85. The average molecular weight is 365 g/mol. The number of carbonyl (C=O) groups excluding carboxylic acids is 1. The minimum Gasteiger partial charge on any atom is -0.383 e. The molecule has 1 atom stereocenters. The number of nitrogens with one attached hydrogen (secondary N) is 1. The molecular formula is C16H23Cl2FN2O2. The monoisotopic (exact) mass is 364 g/mol. The Morgan fingerprint density at radius 2 is 2.30 bits per heavy atom. The van der Waals surface area contributed by atoms with Crippen LogP contribution < -0.4 is 5.32 Å². The van der Waals surface area contributed by atoms with Crippen LogP contribution in [0.4, 0.5) is 4.39 Å². The summed E-state index contributed by atoms with van der Waals surface area (Å²) in [5.74, 6) is -0.310. The number of benzene rings is 1. The summed E-state index contributed by atoms with van der Waals surface area (Å²) in [4.78, 5) is 14.2. The van der Waals surface area contributed by atoms with Gasteiger partial charge in [-0.05, 0) is 37.1 Å². The third-order valence-corrected chi connectivity index (χ3v) is 4.23. The fourth-order valence-electron chi connectivity index (χ4n) is 2.62. The van der Waals surface area contributed by atoms with Crippen molar-refractivity contribution in [3.63, 3.8) is 0 Å². The number of nitrogens with zero attached hydrogens (tertiary/aromatic N) is 1. The van der Waals surface area contributed by atoms with E-state index in [0.717, 1.165) is 24.9 Å². The SMILES string of the molecule is COCCN(Cc1ccc(F)cc1Cl)C(=O)CC1CCCN1.Cl. The first kappa shape index (κ1) is 20.2. The largest absolute Gasteiger partial charge is 0.383 e. The molecule has 1 aromatic rings. The van der Waals surface area contributed by atoms with Crippen molar-refractivity contribution in [3.05, 3.63) is 34.6 Å². The van der Waals surface area contributed by atoms with Crippen LogP contribution in [-0.2, 0) is 16.1 Å². The topological polar surface area (TPSA) is 41.6 Å². The van der Waals surface area contributed by atoms with E-state index in [1.165, 1.54) is 12.1 Å². The lowest BCUT2D eigenvalue weighted by molar-refractivity contribution is -0.132. The van der Waals surface area contributed by atoms with Crippen LogP contribution >= 0.6 is 24.0 Å². The molecule has 0 spiro atoms. The standard InChI is InChI=1S/C16H22ClFN2O2.ClH/c1-22-8-7-20(16(21)10-14-3-2-6-19-14)11-12-4-5-13(18)9-15(12)17;/h4-5,9,14,19H,2-3,6-8,10-11H2,1H3;1H. The van der Waals surface area contributed by atoms with Crippen LogP contribution in [0.3, 0.4) is 0 Å². The van der Waals surface area contributed by atoms with Crippen molar-refractivity contribution in [1.29, 1.82) is 0 Å². The number of hydrogen-bond acceptors (Lipinski definition) is 3. The number of ether oxygens (including phenoxy) is 1. The summed E-state index contributed by atoms with van der Waals surface area (Å²) >= 11 is 6.06. The zero-order chi connectivity index (χ0) is 15.9. The fraction of sp³-hybridized carbons (Fsp3) is 0.562. The molecule has 23 heavy (non-hydrogen) atoms. The van der Waals surface area contributed by atoms with Crippen molar-refractivity contribution in [3.8, 4) is 0 Å². The highest BCUT2D eigenvalue weighted by Crippen LogP contribution is 2.20. The van der Waals surface area contributed by atoms with Crippen molar-refractivity contribution >= 4 is 29.9 Å². The molecule has 130 valence electrons. The maximum Gasteiger partial charge on any atom is 0.224 e. The van der Waals surface area contributed by atoms with Gasteiger partial charge in [0.05, 0.1) is 6.61 Å². The van der Waals surface area contributed by atoms with E-state index in [0.29, 0.717) is 31.1 Å². The smallest absolute Gasteiger partial charge is 0.224 e. The van der Waals surface area contributed by atoms with Gasteiger partial charge in [0.2, 0.25) is 5.91 Å². The van der Waals surface area contributed by atoms with Crippen molar-refractivity contribution in [1.82, 2.24) is 10.2 Å². The van der Waals surface area contributed by atoms with Gasteiger partial charge in [0, 0.05) is 37.7 Å². The molecule has 1 amide bonds. The molecule has 0 aliphatic carbocycles. The van der Waals surface area contributed by atoms with E-state index in [1.54, 1.807) is 18.1 Å². The molecule has 0 aromatic heterocycles. The molecule has 2 rings (SSSR count). The molecule has 7 heteroatoms. The van der Waals surface area contributed by atoms with Gasteiger partial charge in [-0.2, -0.15) is 0 Å². The molecule has 4 nitrogen and oxygen atoms in total. The predicted octanol–water partition coefficient (Wildman–Crippen LogP) is 3.02. The Bertz CT molecular complexity index is 511. The van der Waals surface area contributed by atoms with Gasteiger partial charge in [0.15, 0.2) is 0 Å². The van der Waals surface area contributed by atoms with Gasteiger partial charge in [-0.15, -0.1) is 12.4 Å². The van der Waals surface area contributed by atoms with Crippen molar-refractivity contribution in [2.75, 3.05) is 26.8 Å². The van der Waals surface area contributed by atoms with E-state index >= 15 is 0 Å². The molecule has 1 saturated heterocycles. The third-order valence-electron chi connectivity index (χ3n) is 3.88. The number of amides is 1. The van der Waals surface area contributed by atoms with Gasteiger partial charge in [-0.3, -0.25) is 4.79 Å². The molecule has 0 saturated carbocycles. The van der Waals surface area contributed by atoms with Crippen LogP contribution in [-0.4, -0.2) is 43.7 Å². The second-order valence-electron chi connectivity index (χ2n) is 5.54. The van der Waals surface area contributed by atoms with Gasteiger partial charge in [-0.1, -0.05) is 17.7 Å². The van der Waals surface area contributed by atoms with Crippen LogP contribution in [0, 0.1) is 5.82 Å². The molecule has 1 heterocycles. The highest BCUT2D eigenvalue weighted by atomic mass is 35.5. The summed E-state index contributed by atoms with van der Waals surface area (Å²) < 4.78 is 18.2. The summed E-state index contributed by atoms with van der Waals surface area (Å²) in [5.41, 5.74) is 0.743. The van der Waals surface area contributed by atoms with Gasteiger partial charge >= 0.3 is 0 Å². The average Bonchev–Trinajstić information content (AvgIpc) is 2.98. The van der Waals surface area contributed by atoms with Gasteiger partial charge in [0.25, 0.3) is 0 Å². The lowest BCUT2D eigenvalue weighted by atomic mass is 10.1. The molecule has 1 unspecified atom stereocenters. The molecule has 0 bridgehead atoms. The first-order chi connectivity index (χ1) is 10.6. The first-order valence-corrected chi connectivity index (χ1v) is 7.92. The molecule has 1 aliphatic heterocycles. The summed E-state index contributed by atoms with van der Waals surface area (Å²) in [6.07, 6.45) is 2.61. The van der Waals surface area contributed by atoms with Gasteiger partial charge in [-0.25, -0.2) is 4.39 Å². The number of methoxy groups -OCH3 is 1. The molecule has 1 fully saturated rings. The minimum atomic E-state index is -0.376. The van der Waals surface area contributed by atoms with E-state index in [2.05, 4.69) is 5.32 Å². The zero-order valence-electron chi connectivity index (χ0n) is 13.2. The van der Waals surface area contributed by atoms with Crippen LogP contribution in [0.5, 0.6) is 0 Å². The van der Waals surface area contributed by atoms with Crippen LogP contribution in [0.25, 0.3) is 0 Å². The quantitative estimate of drug-likeness (QED) is 0.808. The number of halogens is 3. The maximum atomic E-state index is 13.1. The Kier molecular flexibility index (Phi) is 8.84. The van der Waals surface area contributed by atoms with E-state index in [-0.39, 0.29) is 30.2 Å². The summed E-state index contributed by atoms with van der Waals surface area (Å²) in [6, 6.07) is 4.51. The van der Waals surface area contributed by atoms with E-state index in [9.17, 15) is 9.18 Å². The molecule has 0 radical (unpaired) electrons. The predicted molar refractivity (Wildman–Crippen MR) is 91.6 cm³/mol. The second kappa shape index (κ2) is 10.1. The maximum absolute atomic E-state index is 13.1. The molecule has 1 N–H and O–H groups in total. The lowest BCUT2D eigenvalue weighted by Crippen LogP contribution is -2.37. The second-order valence-corrected chi connectivity index (χ2v) is 5.95. The van der Waals surface area contributed by atoms with E-state index in [4.69, 9.17) is 16.3 Å². The number of rotatable bonds is 7. The van der Waals surface area contributed by atoms with Crippen LogP contribution in [0.15, 0.2) is 18.2 Å². The summed E-state index contributed by atoms with van der Waals surface area (Å²) in [6.45, 7) is 2.30. The lowest BCUT2D eigenvalue weighted by Gasteiger charge is -2.24. The normalized spacial score (nSPS) is 16.9. The zero-order valence-corrected chi connectivity index (χ0v) is 14.8. The number of carbonyl (C=O) groups is 1. The third kappa shape index (κ3) is 6.26. The molecule has 1 aromatic carbocycles. The van der Waals surface area contributed by atoms with Crippen molar-refractivity contribution in [2.45, 2.75) is 31.8 Å². The van der Waals surface area contributed by atoms with Crippen molar-refractivity contribution < 1.29 is 13.9 Å².